The lowest BCUT2D eigenvalue weighted by Crippen LogP contribution is -2.06. The summed E-state index contributed by atoms with van der Waals surface area (Å²) in [5.41, 5.74) is 1.03. The Morgan fingerprint density at radius 2 is 2.33 bits per heavy atom. The molecule has 2 aromatic heterocycles. The van der Waals surface area contributed by atoms with Crippen molar-refractivity contribution in [1.29, 1.82) is 0 Å². The molecular weight excluding hydrogens is 210 g/mol. The van der Waals surface area contributed by atoms with E-state index in [1.54, 1.807) is 17.5 Å². The van der Waals surface area contributed by atoms with E-state index in [-0.39, 0.29) is 5.41 Å². The minimum atomic E-state index is 0.0406. The van der Waals surface area contributed by atoms with Crippen molar-refractivity contribution in [3.63, 3.8) is 0 Å². The van der Waals surface area contributed by atoms with Crippen LogP contribution in [0.2, 0.25) is 0 Å². The summed E-state index contributed by atoms with van der Waals surface area (Å²) in [6, 6.07) is 3.89. The van der Waals surface area contributed by atoms with Crippen molar-refractivity contribution in [3.8, 4) is 0 Å². The molecule has 2 heterocycles. The number of rotatable bonds is 3. The lowest BCUT2D eigenvalue weighted by molar-refractivity contribution is 0.112. The molecule has 3 rings (SSSR count). The van der Waals surface area contributed by atoms with Gasteiger partial charge in [-0.1, -0.05) is 0 Å². The summed E-state index contributed by atoms with van der Waals surface area (Å²) in [6.45, 7) is 0. The number of carbonyl (C=O) groups is 1. The fourth-order valence-electron chi connectivity index (χ4n) is 1.86. The average Bonchev–Trinajstić information content (AvgIpc) is 2.76. The first-order valence-corrected chi connectivity index (χ1v) is 5.58. The molecule has 0 aliphatic heterocycles. The third kappa shape index (κ3) is 1.23. The molecule has 0 aromatic carbocycles. The largest absolute Gasteiger partial charge is 0.297 e. The molecule has 15 heavy (non-hydrogen) atoms. The summed E-state index contributed by atoms with van der Waals surface area (Å²) in [7, 11) is 0. The van der Waals surface area contributed by atoms with Gasteiger partial charge in [-0.2, -0.15) is 15.4 Å². The second-order valence-corrected chi connectivity index (χ2v) is 4.87. The molecule has 0 unspecified atom stereocenters. The number of aldehydes is 1. The number of H-pyrrole nitrogens is 1. The van der Waals surface area contributed by atoms with Crippen LogP contribution in [-0.4, -0.2) is 21.7 Å². The van der Waals surface area contributed by atoms with Gasteiger partial charge in [0.05, 0.1) is 22.2 Å². The number of hydrogen-bond acceptors (Lipinski definition) is 4. The van der Waals surface area contributed by atoms with Crippen LogP contribution in [0.15, 0.2) is 18.3 Å². The maximum absolute atomic E-state index is 10.6. The van der Waals surface area contributed by atoms with Crippen LogP contribution in [0.1, 0.15) is 33.1 Å². The fraction of sp³-hybridized carbons (Fsp3) is 0.300. The first-order chi connectivity index (χ1) is 7.35. The Labute approximate surface area is 90.3 Å². The second kappa shape index (κ2) is 3.00. The van der Waals surface area contributed by atoms with E-state index in [0.717, 1.165) is 29.7 Å². The molecule has 0 atom stereocenters. The Morgan fingerprint density at radius 3 is 2.87 bits per heavy atom. The zero-order valence-corrected chi connectivity index (χ0v) is 8.75. The van der Waals surface area contributed by atoms with E-state index >= 15 is 0 Å². The first kappa shape index (κ1) is 8.79. The molecule has 0 saturated heterocycles. The van der Waals surface area contributed by atoms with E-state index < -0.39 is 0 Å². The number of aromatic amines is 1. The normalized spacial score (nSPS) is 17.6. The molecule has 5 heteroatoms. The van der Waals surface area contributed by atoms with Gasteiger partial charge in [0.25, 0.3) is 0 Å². The van der Waals surface area contributed by atoms with Crippen LogP contribution in [-0.2, 0) is 5.41 Å². The summed E-state index contributed by atoms with van der Waals surface area (Å²) >= 11 is 1.55. The number of thiophene rings is 1. The summed E-state index contributed by atoms with van der Waals surface area (Å²) in [5.74, 6) is 0. The summed E-state index contributed by atoms with van der Waals surface area (Å²) in [5, 5.41) is 10.6. The Bertz CT molecular complexity index is 485. The zero-order chi connectivity index (χ0) is 10.3. The summed E-state index contributed by atoms with van der Waals surface area (Å²) in [6.07, 6.45) is 4.86. The number of hydrogen-bond donors (Lipinski definition) is 1. The molecule has 1 aliphatic rings. The summed E-state index contributed by atoms with van der Waals surface area (Å²) in [4.78, 5) is 12.6. The molecule has 1 N–H and O–H groups in total. The monoisotopic (exact) mass is 219 g/mol. The summed E-state index contributed by atoms with van der Waals surface area (Å²) < 4.78 is 0. The first-order valence-electron chi connectivity index (χ1n) is 4.77. The van der Waals surface area contributed by atoms with Crippen LogP contribution in [0.25, 0.3) is 0 Å². The van der Waals surface area contributed by atoms with Crippen molar-refractivity contribution in [3.05, 3.63) is 33.8 Å². The Kier molecular flexibility index (Phi) is 1.76. The number of carbonyl (C=O) groups excluding carboxylic acids is 1. The maximum Gasteiger partial charge on any atom is 0.160 e. The highest BCUT2D eigenvalue weighted by molar-refractivity contribution is 7.13. The van der Waals surface area contributed by atoms with Crippen LogP contribution < -0.4 is 0 Å². The van der Waals surface area contributed by atoms with E-state index in [1.165, 1.54) is 4.88 Å². The van der Waals surface area contributed by atoms with Gasteiger partial charge in [0.1, 0.15) is 0 Å². The average molecular weight is 219 g/mol. The lowest BCUT2D eigenvalue weighted by atomic mass is 10.0. The predicted molar refractivity (Wildman–Crippen MR) is 56.1 cm³/mol. The van der Waals surface area contributed by atoms with Gasteiger partial charge >= 0.3 is 0 Å². The van der Waals surface area contributed by atoms with Crippen molar-refractivity contribution < 1.29 is 4.79 Å². The number of aromatic nitrogens is 3. The predicted octanol–water partition coefficient (Wildman–Crippen LogP) is 1.76. The maximum atomic E-state index is 10.6. The van der Waals surface area contributed by atoms with Gasteiger partial charge in [-0.25, -0.2) is 0 Å². The van der Waals surface area contributed by atoms with Crippen LogP contribution in [0.4, 0.5) is 0 Å². The zero-order valence-electron chi connectivity index (χ0n) is 7.93. The minimum absolute atomic E-state index is 0.0406. The quantitative estimate of drug-likeness (QED) is 0.800. The highest BCUT2D eigenvalue weighted by Gasteiger charge is 2.49. The van der Waals surface area contributed by atoms with Gasteiger partial charge in [0, 0.05) is 4.88 Å². The number of nitrogens with zero attached hydrogens (tertiary/aromatic N) is 2. The third-order valence-corrected chi connectivity index (χ3v) is 4.08. The standard InChI is InChI=1S/C10H9N3OS/c14-6-7-1-2-9(15-7)10(3-4-10)8-5-11-13-12-8/h1-2,5-6H,3-4H2,(H,11,12,13). The molecule has 0 radical (unpaired) electrons. The topological polar surface area (TPSA) is 58.6 Å². The van der Waals surface area contributed by atoms with Crippen LogP contribution in [0, 0.1) is 0 Å². The third-order valence-electron chi connectivity index (χ3n) is 2.87. The molecule has 1 fully saturated rings. The minimum Gasteiger partial charge on any atom is -0.297 e. The molecule has 1 saturated carbocycles. The highest BCUT2D eigenvalue weighted by Crippen LogP contribution is 2.54. The van der Waals surface area contributed by atoms with Crippen LogP contribution in [0.3, 0.4) is 0 Å². The van der Waals surface area contributed by atoms with Crippen molar-refractivity contribution in [1.82, 2.24) is 15.4 Å². The van der Waals surface area contributed by atoms with Gasteiger partial charge in [-0.15, -0.1) is 11.3 Å². The fourth-order valence-corrected chi connectivity index (χ4v) is 2.94. The van der Waals surface area contributed by atoms with Gasteiger partial charge in [0.2, 0.25) is 0 Å². The highest BCUT2D eigenvalue weighted by atomic mass is 32.1. The molecule has 0 spiro atoms. The van der Waals surface area contributed by atoms with E-state index in [2.05, 4.69) is 15.4 Å². The molecule has 0 amide bonds. The van der Waals surface area contributed by atoms with E-state index in [9.17, 15) is 4.79 Å². The molecule has 76 valence electrons. The van der Waals surface area contributed by atoms with Crippen molar-refractivity contribution in [2.75, 3.05) is 0 Å². The van der Waals surface area contributed by atoms with Gasteiger partial charge in [-0.3, -0.25) is 4.79 Å². The van der Waals surface area contributed by atoms with Crippen molar-refractivity contribution in [2.24, 2.45) is 0 Å². The van der Waals surface area contributed by atoms with Crippen molar-refractivity contribution in [2.45, 2.75) is 18.3 Å². The van der Waals surface area contributed by atoms with Crippen LogP contribution in [0.5, 0.6) is 0 Å². The lowest BCUT2D eigenvalue weighted by Gasteiger charge is -2.07. The van der Waals surface area contributed by atoms with Crippen LogP contribution >= 0.6 is 11.3 Å². The van der Waals surface area contributed by atoms with Gasteiger partial charge in [-0.05, 0) is 25.0 Å². The molecular formula is C10H9N3OS. The van der Waals surface area contributed by atoms with E-state index in [1.807, 2.05) is 12.1 Å². The van der Waals surface area contributed by atoms with Gasteiger partial charge in [0.15, 0.2) is 6.29 Å². The Hall–Kier alpha value is -1.49. The van der Waals surface area contributed by atoms with Gasteiger partial charge < -0.3 is 0 Å². The van der Waals surface area contributed by atoms with Crippen molar-refractivity contribution >= 4 is 17.6 Å². The molecule has 4 nitrogen and oxygen atoms in total. The van der Waals surface area contributed by atoms with E-state index in [0.29, 0.717) is 0 Å². The SMILES string of the molecule is O=Cc1ccc(C2(c3cn[nH]n3)CC2)s1. The molecule has 2 aromatic rings. The number of nitrogens with one attached hydrogen (secondary N) is 1. The smallest absolute Gasteiger partial charge is 0.160 e. The second-order valence-electron chi connectivity index (χ2n) is 3.76. The Balaban J connectivity index is 2.03. The molecule has 1 aliphatic carbocycles. The van der Waals surface area contributed by atoms with E-state index in [4.69, 9.17) is 0 Å². The Morgan fingerprint density at radius 1 is 1.47 bits per heavy atom. The molecule has 0 bridgehead atoms.